The molecule has 0 radical (unpaired) electrons. The average Bonchev–Trinajstić information content (AvgIpc) is 3.34. The predicted molar refractivity (Wildman–Crippen MR) is 129 cm³/mol. The van der Waals surface area contributed by atoms with Gasteiger partial charge in [0.2, 0.25) is 5.43 Å². The number of morpholine rings is 1. The van der Waals surface area contributed by atoms with Crippen LogP contribution in [0.15, 0.2) is 83.9 Å². The van der Waals surface area contributed by atoms with Crippen LogP contribution in [0.1, 0.15) is 27.7 Å². The van der Waals surface area contributed by atoms with Crippen LogP contribution in [-0.4, -0.2) is 51.1 Å². The summed E-state index contributed by atoms with van der Waals surface area (Å²) >= 11 is 0. The normalized spacial score (nSPS) is 20.3. The molecule has 4 aromatic rings. The Balaban J connectivity index is 1.57. The Hall–Kier alpha value is -4.30. The largest absolute Gasteiger partial charge is 0.502 e. The molecular formula is C27H22N4O4. The molecule has 1 N–H and O–H groups in total. The van der Waals surface area contributed by atoms with Crippen LogP contribution in [0.2, 0.25) is 0 Å². The van der Waals surface area contributed by atoms with Gasteiger partial charge >= 0.3 is 0 Å². The van der Waals surface area contributed by atoms with Gasteiger partial charge in [-0.1, -0.05) is 42.5 Å². The van der Waals surface area contributed by atoms with Crippen molar-refractivity contribution < 1.29 is 14.6 Å². The lowest BCUT2D eigenvalue weighted by molar-refractivity contribution is -0.0196. The van der Waals surface area contributed by atoms with E-state index in [1.165, 1.54) is 6.07 Å². The lowest BCUT2D eigenvalue weighted by atomic mass is 9.92. The molecule has 3 aliphatic rings. The van der Waals surface area contributed by atoms with Crippen LogP contribution in [0.3, 0.4) is 0 Å². The molecular weight excluding hydrogens is 444 g/mol. The third-order valence-electron chi connectivity index (χ3n) is 7.21. The Morgan fingerprint density at radius 1 is 0.886 bits per heavy atom. The van der Waals surface area contributed by atoms with E-state index in [0.29, 0.717) is 19.8 Å². The maximum Gasteiger partial charge on any atom is 0.278 e. The highest BCUT2D eigenvalue weighted by molar-refractivity contribution is 5.96. The Morgan fingerprint density at radius 3 is 2.57 bits per heavy atom. The van der Waals surface area contributed by atoms with Gasteiger partial charge in [-0.05, 0) is 23.8 Å². The van der Waals surface area contributed by atoms with Crippen molar-refractivity contribution in [3.05, 3.63) is 106 Å². The molecule has 0 aliphatic carbocycles. The second-order valence-corrected chi connectivity index (χ2v) is 8.97. The number of rotatable bonds is 1. The number of ether oxygens (including phenoxy) is 1. The van der Waals surface area contributed by atoms with Gasteiger partial charge < -0.3 is 19.3 Å². The summed E-state index contributed by atoms with van der Waals surface area (Å²) in [5, 5.41) is 12.8. The number of amides is 1. The van der Waals surface area contributed by atoms with Crippen molar-refractivity contribution in [1.82, 2.24) is 14.1 Å². The quantitative estimate of drug-likeness (QED) is 0.467. The van der Waals surface area contributed by atoms with E-state index in [2.05, 4.69) is 46.1 Å². The monoisotopic (exact) mass is 466 g/mol. The van der Waals surface area contributed by atoms with Gasteiger partial charge in [0.15, 0.2) is 11.4 Å². The van der Waals surface area contributed by atoms with E-state index in [4.69, 9.17) is 4.74 Å². The number of nitrogens with zero attached hydrogens (tertiary/aromatic N) is 4. The molecule has 0 saturated carbocycles. The second-order valence-electron chi connectivity index (χ2n) is 8.97. The highest BCUT2D eigenvalue weighted by atomic mass is 16.5. The van der Waals surface area contributed by atoms with Crippen molar-refractivity contribution in [3.8, 4) is 22.7 Å². The number of aromatic nitrogens is 2. The van der Waals surface area contributed by atoms with E-state index in [0.717, 1.165) is 28.1 Å². The zero-order valence-electron chi connectivity index (χ0n) is 18.7. The van der Waals surface area contributed by atoms with Crippen LogP contribution < -0.4 is 10.4 Å². The maximum atomic E-state index is 13.5. The minimum Gasteiger partial charge on any atom is -0.502 e. The molecule has 2 unspecified atom stereocenters. The maximum absolute atomic E-state index is 13.5. The predicted octanol–water partition coefficient (Wildman–Crippen LogP) is 2.86. The summed E-state index contributed by atoms with van der Waals surface area (Å²) in [6.45, 7) is 1.08. The molecule has 2 aromatic heterocycles. The average molecular weight is 466 g/mol. The number of pyridine rings is 1. The summed E-state index contributed by atoms with van der Waals surface area (Å²) in [4.78, 5) is 27.5. The Bertz CT molecular complexity index is 1490. The number of para-hydroxylation sites is 1. The molecule has 2 aromatic carbocycles. The summed E-state index contributed by atoms with van der Waals surface area (Å²) < 4.78 is 9.68. The molecule has 1 fully saturated rings. The van der Waals surface area contributed by atoms with E-state index in [-0.39, 0.29) is 17.6 Å². The number of carbonyl (C=O) groups is 1. The van der Waals surface area contributed by atoms with Crippen LogP contribution in [0.4, 0.5) is 0 Å². The van der Waals surface area contributed by atoms with Crippen molar-refractivity contribution in [1.29, 1.82) is 0 Å². The number of fused-ring (bicyclic) bond motifs is 7. The van der Waals surface area contributed by atoms with Gasteiger partial charge in [0.25, 0.3) is 5.91 Å². The summed E-state index contributed by atoms with van der Waals surface area (Å²) in [6.07, 6.45) is 3.21. The minimum atomic E-state index is -0.575. The third-order valence-corrected chi connectivity index (χ3v) is 7.21. The molecule has 1 saturated heterocycles. The summed E-state index contributed by atoms with van der Waals surface area (Å²) in [6, 6.07) is 21.6. The highest BCUT2D eigenvalue weighted by Gasteiger charge is 2.46. The van der Waals surface area contributed by atoms with Crippen LogP contribution >= 0.6 is 0 Å². The molecule has 174 valence electrons. The van der Waals surface area contributed by atoms with Crippen LogP contribution in [0.25, 0.3) is 16.9 Å². The van der Waals surface area contributed by atoms with Crippen LogP contribution in [-0.2, 0) is 4.74 Å². The lowest BCUT2D eigenvalue weighted by Gasteiger charge is -2.51. The second kappa shape index (κ2) is 7.35. The number of hydrogen-bond donors (Lipinski definition) is 1. The SMILES string of the molecule is O=C1c2c(O)c(=O)ccn2N(C2c3ccccc3-c3cccn3-c3ccccc32)C2COCCN12. The van der Waals surface area contributed by atoms with Crippen molar-refractivity contribution in [2.45, 2.75) is 12.2 Å². The summed E-state index contributed by atoms with van der Waals surface area (Å²) in [5.74, 6) is -0.903. The van der Waals surface area contributed by atoms with Gasteiger partial charge in [-0.15, -0.1) is 0 Å². The van der Waals surface area contributed by atoms with E-state index in [1.807, 2.05) is 30.3 Å². The topological polar surface area (TPSA) is 79.9 Å². The molecule has 7 rings (SSSR count). The standard InChI is InChI=1S/C27H22N4O4/c32-22-11-13-30-25(26(22)33)27(34)29-14-15-35-16-23(29)31(30)24-18-7-2-1-6-17(18)20-10-5-12-28(20)21-9-4-3-8-19(21)24/h1-13,23-24,33H,14-16H2. The summed E-state index contributed by atoms with van der Waals surface area (Å²) in [7, 11) is 0. The van der Waals surface area contributed by atoms with Crippen molar-refractivity contribution in [2.75, 3.05) is 24.8 Å². The van der Waals surface area contributed by atoms with E-state index >= 15 is 0 Å². The first-order chi connectivity index (χ1) is 17.1. The number of benzene rings is 2. The molecule has 2 atom stereocenters. The van der Waals surface area contributed by atoms with Gasteiger partial charge in [0.1, 0.15) is 12.2 Å². The fraction of sp³-hybridized carbons (Fsp3) is 0.185. The van der Waals surface area contributed by atoms with Crippen LogP contribution in [0.5, 0.6) is 5.75 Å². The first-order valence-electron chi connectivity index (χ1n) is 11.6. The molecule has 1 amide bonds. The van der Waals surface area contributed by atoms with Gasteiger partial charge in [0.05, 0.1) is 24.6 Å². The Morgan fingerprint density at radius 2 is 1.69 bits per heavy atom. The van der Waals surface area contributed by atoms with E-state index in [1.54, 1.807) is 15.8 Å². The van der Waals surface area contributed by atoms with Gasteiger partial charge in [-0.3, -0.25) is 19.3 Å². The molecule has 35 heavy (non-hydrogen) atoms. The lowest BCUT2D eigenvalue weighted by Crippen LogP contribution is -2.66. The molecule has 3 aliphatic heterocycles. The van der Waals surface area contributed by atoms with Gasteiger partial charge in [-0.25, -0.2) is 0 Å². The van der Waals surface area contributed by atoms with Crippen molar-refractivity contribution >= 4 is 5.91 Å². The Labute approximate surface area is 200 Å². The first kappa shape index (κ1) is 20.1. The zero-order valence-corrected chi connectivity index (χ0v) is 18.7. The number of aromatic hydroxyl groups is 1. The summed E-state index contributed by atoms with van der Waals surface area (Å²) in [5.41, 5.74) is 4.68. The fourth-order valence-corrected chi connectivity index (χ4v) is 5.70. The minimum absolute atomic E-state index is 0.0190. The highest BCUT2D eigenvalue weighted by Crippen LogP contribution is 2.44. The Kier molecular flexibility index (Phi) is 4.22. The molecule has 8 nitrogen and oxygen atoms in total. The van der Waals surface area contributed by atoms with Gasteiger partial charge in [-0.2, -0.15) is 0 Å². The number of hydrogen-bond acceptors (Lipinski definition) is 5. The first-order valence-corrected chi connectivity index (χ1v) is 11.6. The fourth-order valence-electron chi connectivity index (χ4n) is 5.70. The van der Waals surface area contributed by atoms with Crippen LogP contribution in [0, 0.1) is 0 Å². The molecule has 0 spiro atoms. The third kappa shape index (κ3) is 2.71. The molecule has 8 heteroatoms. The van der Waals surface area contributed by atoms with Crippen molar-refractivity contribution in [3.63, 3.8) is 0 Å². The van der Waals surface area contributed by atoms with E-state index < -0.39 is 17.3 Å². The van der Waals surface area contributed by atoms with Gasteiger partial charge in [0, 0.05) is 36.1 Å². The zero-order chi connectivity index (χ0) is 23.7. The molecule has 5 heterocycles. The van der Waals surface area contributed by atoms with E-state index in [9.17, 15) is 14.7 Å². The molecule has 0 bridgehead atoms. The smallest absolute Gasteiger partial charge is 0.278 e. The van der Waals surface area contributed by atoms with Crippen molar-refractivity contribution in [2.24, 2.45) is 0 Å². The number of carbonyl (C=O) groups excluding carboxylic acids is 1.